The lowest BCUT2D eigenvalue weighted by molar-refractivity contribution is 0.538. The number of nitrogens with one attached hydrogen (secondary N) is 2. The minimum absolute atomic E-state index is 0.0318. The molecule has 4 aromatic rings. The quantitative estimate of drug-likeness (QED) is 0.475. The SMILES string of the molecule is CCC(Nc1nc(N)nc2nc[nH]c12)C1N=c2ccccc2=CN1c1ccccc1. The van der Waals surface area contributed by atoms with Gasteiger partial charge >= 0.3 is 0 Å². The van der Waals surface area contributed by atoms with Crippen LogP contribution in [0.2, 0.25) is 0 Å². The third-order valence-electron chi connectivity index (χ3n) is 5.25. The predicted molar refractivity (Wildman–Crippen MR) is 118 cm³/mol. The molecule has 0 spiro atoms. The molecule has 0 amide bonds. The van der Waals surface area contributed by atoms with E-state index in [1.165, 1.54) is 0 Å². The summed E-state index contributed by atoms with van der Waals surface area (Å²) in [7, 11) is 0. The highest BCUT2D eigenvalue weighted by atomic mass is 15.3. The average molecular weight is 398 g/mol. The number of benzene rings is 2. The molecule has 0 aliphatic carbocycles. The molecule has 4 N–H and O–H groups in total. The molecule has 2 unspecified atom stereocenters. The number of rotatable bonds is 5. The Morgan fingerprint density at radius 3 is 2.73 bits per heavy atom. The van der Waals surface area contributed by atoms with Crippen molar-refractivity contribution in [2.45, 2.75) is 25.6 Å². The minimum atomic E-state index is -0.165. The number of hydrogen-bond donors (Lipinski definition) is 3. The summed E-state index contributed by atoms with van der Waals surface area (Å²) >= 11 is 0. The maximum atomic E-state index is 5.90. The number of hydrogen-bond acceptors (Lipinski definition) is 7. The van der Waals surface area contributed by atoms with Crippen LogP contribution in [0, 0.1) is 0 Å². The molecule has 0 radical (unpaired) electrons. The van der Waals surface area contributed by atoms with E-state index in [4.69, 9.17) is 10.7 Å². The van der Waals surface area contributed by atoms with Crippen molar-refractivity contribution in [3.63, 3.8) is 0 Å². The van der Waals surface area contributed by atoms with Gasteiger partial charge in [0.1, 0.15) is 11.7 Å². The van der Waals surface area contributed by atoms with Crippen LogP contribution in [-0.2, 0) is 0 Å². The van der Waals surface area contributed by atoms with Crippen LogP contribution in [0.3, 0.4) is 0 Å². The van der Waals surface area contributed by atoms with Gasteiger partial charge in [0.25, 0.3) is 0 Å². The molecular weight excluding hydrogens is 376 g/mol. The Labute approximate surface area is 173 Å². The molecule has 2 aromatic carbocycles. The molecule has 2 atom stereocenters. The second kappa shape index (κ2) is 7.47. The van der Waals surface area contributed by atoms with Gasteiger partial charge in [0.2, 0.25) is 5.95 Å². The highest BCUT2D eigenvalue weighted by Crippen LogP contribution is 2.25. The summed E-state index contributed by atoms with van der Waals surface area (Å²) in [5, 5.41) is 5.61. The summed E-state index contributed by atoms with van der Waals surface area (Å²) in [6, 6.07) is 18.4. The number of nitrogen functional groups attached to an aromatic ring is 1. The molecule has 0 fully saturated rings. The second-order valence-electron chi connectivity index (χ2n) is 7.16. The molecule has 5 rings (SSSR count). The molecule has 150 valence electrons. The fourth-order valence-corrected chi connectivity index (χ4v) is 3.77. The minimum Gasteiger partial charge on any atom is -0.368 e. The Morgan fingerprint density at radius 1 is 1.10 bits per heavy atom. The molecule has 0 bridgehead atoms. The van der Waals surface area contributed by atoms with Crippen molar-refractivity contribution in [1.82, 2.24) is 19.9 Å². The first-order valence-electron chi connectivity index (χ1n) is 9.94. The smallest absolute Gasteiger partial charge is 0.224 e. The lowest BCUT2D eigenvalue weighted by Crippen LogP contribution is -2.50. The molecule has 1 aliphatic heterocycles. The van der Waals surface area contributed by atoms with Crippen LogP contribution in [0.5, 0.6) is 0 Å². The molecule has 8 heteroatoms. The van der Waals surface area contributed by atoms with Gasteiger partial charge in [-0.25, -0.2) is 4.98 Å². The van der Waals surface area contributed by atoms with Gasteiger partial charge in [-0.2, -0.15) is 9.97 Å². The normalized spacial score (nSPS) is 16.4. The molecular formula is C22H22N8. The summed E-state index contributed by atoms with van der Waals surface area (Å²) in [6.07, 6.45) is 4.41. The van der Waals surface area contributed by atoms with Gasteiger partial charge in [-0.05, 0) is 24.6 Å². The molecule has 1 aliphatic rings. The average Bonchev–Trinajstić information content (AvgIpc) is 3.25. The van der Waals surface area contributed by atoms with E-state index >= 15 is 0 Å². The number of aromatic nitrogens is 4. The Hall–Kier alpha value is -3.94. The number of nitrogens with two attached hydrogens (primary N) is 1. The fraction of sp³-hybridized carbons (Fsp3) is 0.182. The third kappa shape index (κ3) is 3.22. The predicted octanol–water partition coefficient (Wildman–Crippen LogP) is 2.03. The van der Waals surface area contributed by atoms with E-state index in [0.29, 0.717) is 11.5 Å². The number of para-hydroxylation sites is 2. The number of anilines is 3. The van der Waals surface area contributed by atoms with Crippen LogP contribution >= 0.6 is 0 Å². The van der Waals surface area contributed by atoms with Crippen molar-refractivity contribution < 1.29 is 0 Å². The molecule has 30 heavy (non-hydrogen) atoms. The summed E-state index contributed by atoms with van der Waals surface area (Å²) in [4.78, 5) is 23.2. The van der Waals surface area contributed by atoms with Crippen LogP contribution in [0.4, 0.5) is 17.5 Å². The van der Waals surface area contributed by atoms with Gasteiger partial charge in [0.15, 0.2) is 11.5 Å². The van der Waals surface area contributed by atoms with Crippen molar-refractivity contribution >= 4 is 34.8 Å². The summed E-state index contributed by atoms with van der Waals surface area (Å²) in [5.74, 6) is 0.813. The van der Waals surface area contributed by atoms with Crippen molar-refractivity contribution in [2.75, 3.05) is 16.0 Å². The molecule has 0 saturated carbocycles. The number of H-pyrrole nitrogens is 1. The number of nitrogens with zero attached hydrogens (tertiary/aromatic N) is 5. The van der Waals surface area contributed by atoms with Crippen LogP contribution < -0.4 is 26.5 Å². The van der Waals surface area contributed by atoms with Crippen molar-refractivity contribution in [3.8, 4) is 0 Å². The summed E-state index contributed by atoms with van der Waals surface area (Å²) in [5.41, 5.74) is 8.25. The van der Waals surface area contributed by atoms with E-state index in [2.05, 4.69) is 61.5 Å². The molecule has 0 saturated heterocycles. The zero-order valence-electron chi connectivity index (χ0n) is 16.5. The lowest BCUT2D eigenvalue weighted by atomic mass is 10.1. The second-order valence-corrected chi connectivity index (χ2v) is 7.16. The summed E-state index contributed by atoms with van der Waals surface area (Å²) < 4.78 is 0. The van der Waals surface area contributed by atoms with Gasteiger partial charge in [0, 0.05) is 17.1 Å². The summed E-state index contributed by atoms with van der Waals surface area (Å²) in [6.45, 7) is 2.13. The number of imidazole rings is 1. The van der Waals surface area contributed by atoms with Crippen molar-refractivity contribution in [2.24, 2.45) is 4.99 Å². The highest BCUT2D eigenvalue weighted by molar-refractivity contribution is 5.83. The highest BCUT2D eigenvalue weighted by Gasteiger charge is 2.28. The van der Waals surface area contributed by atoms with Crippen molar-refractivity contribution in [1.29, 1.82) is 0 Å². The van der Waals surface area contributed by atoms with Gasteiger partial charge in [0.05, 0.1) is 17.7 Å². The zero-order chi connectivity index (χ0) is 20.5. The van der Waals surface area contributed by atoms with Crippen LogP contribution in [0.25, 0.3) is 17.4 Å². The van der Waals surface area contributed by atoms with Crippen molar-refractivity contribution in [3.05, 3.63) is 71.5 Å². The number of fused-ring (bicyclic) bond motifs is 2. The van der Waals surface area contributed by atoms with E-state index in [9.17, 15) is 0 Å². The van der Waals surface area contributed by atoms with Crippen LogP contribution in [-0.4, -0.2) is 32.1 Å². The topological polar surface area (TPSA) is 108 Å². The molecule has 8 nitrogen and oxygen atoms in total. The third-order valence-corrected chi connectivity index (χ3v) is 5.25. The van der Waals surface area contributed by atoms with E-state index < -0.39 is 0 Å². The first-order valence-corrected chi connectivity index (χ1v) is 9.94. The van der Waals surface area contributed by atoms with Gasteiger partial charge in [-0.15, -0.1) is 0 Å². The molecule has 3 heterocycles. The van der Waals surface area contributed by atoms with Gasteiger partial charge in [-0.3, -0.25) is 4.99 Å². The van der Waals surface area contributed by atoms with Gasteiger partial charge < -0.3 is 20.9 Å². The first-order chi connectivity index (χ1) is 14.7. The zero-order valence-corrected chi connectivity index (χ0v) is 16.5. The Balaban J connectivity index is 1.59. The fourth-order valence-electron chi connectivity index (χ4n) is 3.77. The maximum Gasteiger partial charge on any atom is 0.224 e. The largest absolute Gasteiger partial charge is 0.368 e. The van der Waals surface area contributed by atoms with E-state index in [1.807, 2.05) is 36.4 Å². The Morgan fingerprint density at radius 2 is 1.90 bits per heavy atom. The van der Waals surface area contributed by atoms with E-state index in [1.54, 1.807) is 6.33 Å². The lowest BCUT2D eigenvalue weighted by Gasteiger charge is -2.35. The Kier molecular flexibility index (Phi) is 4.51. The van der Waals surface area contributed by atoms with Crippen LogP contribution in [0.15, 0.2) is 65.9 Å². The Bertz CT molecular complexity index is 1300. The first kappa shape index (κ1) is 18.1. The maximum absolute atomic E-state index is 5.90. The van der Waals surface area contributed by atoms with E-state index in [-0.39, 0.29) is 18.2 Å². The monoisotopic (exact) mass is 398 g/mol. The number of aromatic amines is 1. The van der Waals surface area contributed by atoms with E-state index in [0.717, 1.165) is 28.2 Å². The van der Waals surface area contributed by atoms with Gasteiger partial charge in [-0.1, -0.05) is 43.3 Å². The standard InChI is InChI=1S/C22H22N8/c1-2-16(26-20-18-19(25-13-24-18)28-22(23)29-20)21-27-17-11-7-6-8-14(17)12-30(21)15-9-4-3-5-10-15/h3-13,16,21H,2H2,1H3,(H4,23,24,25,26,28,29). The molecule has 2 aromatic heterocycles. The van der Waals surface area contributed by atoms with Crippen LogP contribution in [0.1, 0.15) is 13.3 Å².